The van der Waals surface area contributed by atoms with Gasteiger partial charge in [0, 0.05) is 19.8 Å². The summed E-state index contributed by atoms with van der Waals surface area (Å²) < 4.78 is 13.6. The molecule has 0 aliphatic heterocycles. The maximum atomic E-state index is 5.63. The van der Waals surface area contributed by atoms with Crippen LogP contribution in [0.25, 0.3) is 11.0 Å². The minimum Gasteiger partial charge on any atom is -0.492 e. The highest BCUT2D eigenvalue weighted by molar-refractivity contribution is 7.71. The maximum absolute atomic E-state index is 5.63. The highest BCUT2D eigenvalue weighted by atomic mass is 32.1. The molecule has 2 aromatic rings. The van der Waals surface area contributed by atoms with Crippen molar-refractivity contribution in [2.45, 2.75) is 26.3 Å². The number of aromatic nitrogens is 2. The molecular formula is C14H20N2O2S. The third kappa shape index (κ3) is 2.82. The first-order valence-corrected chi connectivity index (χ1v) is 6.94. The second-order valence-electron chi connectivity index (χ2n) is 4.51. The standard InChI is InChI=1S/C14H20N2O2S/c1-4-18-12-7-5-6-11-13(12)15-14(19)16(11)10(2)8-9-17-3/h5-7,10H,4,8-9H2,1-3H3,(H,15,19). The summed E-state index contributed by atoms with van der Waals surface area (Å²) in [5, 5.41) is 0. The first-order valence-electron chi connectivity index (χ1n) is 6.54. The van der Waals surface area contributed by atoms with Gasteiger partial charge in [0.2, 0.25) is 0 Å². The number of benzene rings is 1. The van der Waals surface area contributed by atoms with Gasteiger partial charge in [-0.25, -0.2) is 0 Å². The van der Waals surface area contributed by atoms with Crippen LogP contribution in [0.5, 0.6) is 5.75 Å². The molecule has 0 amide bonds. The van der Waals surface area contributed by atoms with E-state index in [0.29, 0.717) is 6.61 Å². The number of hydrogen-bond acceptors (Lipinski definition) is 3. The van der Waals surface area contributed by atoms with E-state index in [0.717, 1.165) is 34.6 Å². The summed E-state index contributed by atoms with van der Waals surface area (Å²) in [6.45, 7) is 5.49. The van der Waals surface area contributed by atoms with Crippen LogP contribution in [0.15, 0.2) is 18.2 Å². The molecule has 0 bridgehead atoms. The molecule has 19 heavy (non-hydrogen) atoms. The van der Waals surface area contributed by atoms with Crippen LogP contribution >= 0.6 is 12.2 Å². The molecule has 2 rings (SSSR count). The number of imidazole rings is 1. The Kier molecular flexibility index (Phi) is 4.61. The van der Waals surface area contributed by atoms with Crippen molar-refractivity contribution in [2.75, 3.05) is 20.3 Å². The Labute approximate surface area is 118 Å². The van der Waals surface area contributed by atoms with E-state index in [9.17, 15) is 0 Å². The van der Waals surface area contributed by atoms with E-state index >= 15 is 0 Å². The Morgan fingerprint density at radius 3 is 2.89 bits per heavy atom. The minimum atomic E-state index is 0.290. The van der Waals surface area contributed by atoms with Crippen molar-refractivity contribution in [3.8, 4) is 5.75 Å². The van der Waals surface area contributed by atoms with Gasteiger partial charge in [-0.1, -0.05) is 6.07 Å². The summed E-state index contributed by atoms with van der Waals surface area (Å²) in [6.07, 6.45) is 0.927. The van der Waals surface area contributed by atoms with E-state index in [1.165, 1.54) is 0 Å². The largest absolute Gasteiger partial charge is 0.492 e. The molecule has 0 saturated heterocycles. The number of aromatic amines is 1. The third-order valence-corrected chi connectivity index (χ3v) is 3.49. The van der Waals surface area contributed by atoms with Crippen LogP contribution in [0.2, 0.25) is 0 Å². The van der Waals surface area contributed by atoms with Gasteiger partial charge in [-0.2, -0.15) is 0 Å². The van der Waals surface area contributed by atoms with Crippen LogP contribution in [0.4, 0.5) is 0 Å². The molecule has 4 nitrogen and oxygen atoms in total. The van der Waals surface area contributed by atoms with Crippen LogP contribution in [-0.2, 0) is 4.74 Å². The van der Waals surface area contributed by atoms with Crippen molar-refractivity contribution in [1.29, 1.82) is 0 Å². The van der Waals surface area contributed by atoms with E-state index in [2.05, 4.69) is 22.5 Å². The van der Waals surface area contributed by atoms with Gasteiger partial charge >= 0.3 is 0 Å². The summed E-state index contributed by atoms with van der Waals surface area (Å²) in [7, 11) is 1.72. The molecule has 0 aliphatic rings. The molecule has 0 aliphatic carbocycles. The molecular weight excluding hydrogens is 260 g/mol. The maximum Gasteiger partial charge on any atom is 0.178 e. The Balaban J connectivity index is 2.47. The molecule has 1 atom stereocenters. The lowest BCUT2D eigenvalue weighted by Gasteiger charge is -2.14. The van der Waals surface area contributed by atoms with Gasteiger partial charge in [-0.15, -0.1) is 0 Å². The second kappa shape index (κ2) is 6.21. The number of nitrogens with one attached hydrogen (secondary N) is 1. The average Bonchev–Trinajstić information content (AvgIpc) is 2.73. The van der Waals surface area contributed by atoms with Gasteiger partial charge in [-0.3, -0.25) is 0 Å². The van der Waals surface area contributed by atoms with Crippen LogP contribution in [0, 0.1) is 4.77 Å². The van der Waals surface area contributed by atoms with E-state index in [4.69, 9.17) is 21.7 Å². The Hall–Kier alpha value is -1.33. The number of H-pyrrole nitrogens is 1. The Bertz CT molecular complexity index is 603. The molecule has 1 aromatic heterocycles. The highest BCUT2D eigenvalue weighted by Crippen LogP contribution is 2.28. The van der Waals surface area contributed by atoms with Crippen LogP contribution in [-0.4, -0.2) is 29.9 Å². The lowest BCUT2D eigenvalue weighted by molar-refractivity contribution is 0.181. The normalized spacial score (nSPS) is 12.8. The number of para-hydroxylation sites is 1. The topological polar surface area (TPSA) is 39.2 Å². The fraction of sp³-hybridized carbons (Fsp3) is 0.500. The van der Waals surface area contributed by atoms with E-state index in [1.807, 2.05) is 19.1 Å². The van der Waals surface area contributed by atoms with E-state index in [1.54, 1.807) is 7.11 Å². The zero-order valence-corrected chi connectivity index (χ0v) is 12.4. The van der Waals surface area contributed by atoms with Crippen LogP contribution < -0.4 is 4.74 Å². The average molecular weight is 280 g/mol. The van der Waals surface area contributed by atoms with Crippen molar-refractivity contribution in [1.82, 2.24) is 9.55 Å². The molecule has 1 heterocycles. The van der Waals surface area contributed by atoms with E-state index in [-0.39, 0.29) is 6.04 Å². The summed E-state index contributed by atoms with van der Waals surface area (Å²) >= 11 is 5.43. The van der Waals surface area contributed by atoms with Gasteiger partial charge in [0.15, 0.2) is 4.77 Å². The van der Waals surface area contributed by atoms with Crippen molar-refractivity contribution < 1.29 is 9.47 Å². The van der Waals surface area contributed by atoms with Gasteiger partial charge < -0.3 is 19.0 Å². The van der Waals surface area contributed by atoms with Gasteiger partial charge in [0.05, 0.1) is 12.1 Å². The molecule has 104 valence electrons. The molecule has 5 heteroatoms. The summed E-state index contributed by atoms with van der Waals surface area (Å²) in [5.41, 5.74) is 2.05. The second-order valence-corrected chi connectivity index (χ2v) is 4.90. The monoisotopic (exact) mass is 280 g/mol. The fourth-order valence-corrected chi connectivity index (χ4v) is 2.63. The Morgan fingerprint density at radius 2 is 2.21 bits per heavy atom. The molecule has 0 spiro atoms. The van der Waals surface area contributed by atoms with Crippen molar-refractivity contribution in [2.24, 2.45) is 0 Å². The zero-order chi connectivity index (χ0) is 13.8. The smallest absolute Gasteiger partial charge is 0.178 e. The van der Waals surface area contributed by atoms with Crippen LogP contribution in [0.1, 0.15) is 26.3 Å². The predicted molar refractivity (Wildman–Crippen MR) is 79.5 cm³/mol. The molecule has 1 aromatic carbocycles. The number of nitrogens with zero attached hydrogens (tertiary/aromatic N) is 1. The molecule has 1 unspecified atom stereocenters. The quantitative estimate of drug-likeness (QED) is 0.820. The van der Waals surface area contributed by atoms with E-state index < -0.39 is 0 Å². The summed E-state index contributed by atoms with van der Waals surface area (Å²) in [6, 6.07) is 6.31. The number of hydrogen-bond donors (Lipinski definition) is 1. The third-order valence-electron chi connectivity index (χ3n) is 3.19. The number of ether oxygens (including phenoxy) is 2. The minimum absolute atomic E-state index is 0.290. The Morgan fingerprint density at radius 1 is 1.42 bits per heavy atom. The zero-order valence-electron chi connectivity index (χ0n) is 11.6. The lowest BCUT2D eigenvalue weighted by atomic mass is 10.2. The first-order chi connectivity index (χ1) is 9.19. The predicted octanol–water partition coefficient (Wildman–Crippen LogP) is 3.70. The number of fused-ring (bicyclic) bond motifs is 1. The molecule has 0 radical (unpaired) electrons. The lowest BCUT2D eigenvalue weighted by Crippen LogP contribution is -2.07. The highest BCUT2D eigenvalue weighted by Gasteiger charge is 2.13. The van der Waals surface area contributed by atoms with Crippen molar-refractivity contribution in [3.05, 3.63) is 23.0 Å². The fourth-order valence-electron chi connectivity index (χ4n) is 2.25. The van der Waals surface area contributed by atoms with Gasteiger partial charge in [0.1, 0.15) is 11.3 Å². The molecule has 1 N–H and O–H groups in total. The van der Waals surface area contributed by atoms with Crippen molar-refractivity contribution in [3.63, 3.8) is 0 Å². The number of methoxy groups -OCH3 is 1. The SMILES string of the molecule is CCOc1cccc2c1[nH]c(=S)n2C(C)CCOC. The summed E-state index contributed by atoms with van der Waals surface area (Å²) in [4.78, 5) is 3.25. The van der Waals surface area contributed by atoms with Crippen molar-refractivity contribution >= 4 is 23.3 Å². The summed E-state index contributed by atoms with van der Waals surface area (Å²) in [5.74, 6) is 0.851. The van der Waals surface area contributed by atoms with Gasteiger partial charge in [0.25, 0.3) is 0 Å². The number of rotatable bonds is 6. The van der Waals surface area contributed by atoms with Gasteiger partial charge in [-0.05, 0) is 44.6 Å². The first kappa shape index (κ1) is 14.1. The molecule has 0 saturated carbocycles. The molecule has 0 fully saturated rings. The van der Waals surface area contributed by atoms with Crippen LogP contribution in [0.3, 0.4) is 0 Å².